The van der Waals surface area contributed by atoms with E-state index < -0.39 is 0 Å². The van der Waals surface area contributed by atoms with Gasteiger partial charge in [-0.1, -0.05) is 6.92 Å². The van der Waals surface area contributed by atoms with Gasteiger partial charge in [-0.15, -0.1) is 24.0 Å². The fourth-order valence-corrected chi connectivity index (χ4v) is 1.75. The lowest BCUT2D eigenvalue weighted by atomic mass is 10.2. The largest absolute Gasteiger partial charge is 0.481 e. The number of rotatable bonds is 4. The van der Waals surface area contributed by atoms with Crippen LogP contribution in [0.25, 0.3) is 0 Å². The van der Waals surface area contributed by atoms with Crippen LogP contribution in [0.15, 0.2) is 23.3 Å². The Balaban J connectivity index is 0.00000180. The van der Waals surface area contributed by atoms with Crippen LogP contribution in [0.4, 0.5) is 0 Å². The van der Waals surface area contributed by atoms with E-state index in [0.29, 0.717) is 18.5 Å². The zero-order chi connectivity index (χ0) is 13.0. The maximum atomic E-state index is 5.09. The Bertz CT molecular complexity index is 438. The normalized spacial score (nSPS) is 21.3. The molecule has 1 aliphatic rings. The van der Waals surface area contributed by atoms with E-state index in [4.69, 9.17) is 4.74 Å². The molecule has 1 aromatic rings. The molecule has 0 saturated heterocycles. The molecule has 0 bridgehead atoms. The first-order valence-electron chi connectivity index (χ1n) is 6.19. The number of nitrogens with one attached hydrogen (secondary N) is 2. The van der Waals surface area contributed by atoms with E-state index in [-0.39, 0.29) is 24.0 Å². The highest BCUT2D eigenvalue weighted by Gasteiger charge is 2.33. The van der Waals surface area contributed by atoms with Crippen molar-refractivity contribution in [3.05, 3.63) is 23.9 Å². The Hall–Kier alpha value is -1.05. The zero-order valence-electron chi connectivity index (χ0n) is 11.5. The van der Waals surface area contributed by atoms with Crippen LogP contribution in [-0.2, 0) is 6.54 Å². The maximum absolute atomic E-state index is 5.09. The molecule has 1 aliphatic carbocycles. The molecule has 0 amide bonds. The molecule has 0 aromatic carbocycles. The van der Waals surface area contributed by atoms with Gasteiger partial charge in [-0.05, 0) is 24.0 Å². The number of guanidine groups is 1. The first-order chi connectivity index (χ1) is 8.72. The van der Waals surface area contributed by atoms with Crippen molar-refractivity contribution in [3.8, 4) is 5.88 Å². The Morgan fingerprint density at radius 3 is 2.89 bits per heavy atom. The first kappa shape index (κ1) is 16.0. The van der Waals surface area contributed by atoms with E-state index in [2.05, 4.69) is 27.5 Å². The van der Waals surface area contributed by atoms with Crippen LogP contribution < -0.4 is 15.4 Å². The van der Waals surface area contributed by atoms with Gasteiger partial charge in [-0.2, -0.15) is 0 Å². The number of ether oxygens (including phenoxy) is 1. The molecule has 19 heavy (non-hydrogen) atoms. The van der Waals surface area contributed by atoms with Gasteiger partial charge in [0.15, 0.2) is 5.96 Å². The van der Waals surface area contributed by atoms with Gasteiger partial charge in [-0.25, -0.2) is 4.98 Å². The van der Waals surface area contributed by atoms with Crippen molar-refractivity contribution in [2.24, 2.45) is 10.9 Å². The second-order valence-corrected chi connectivity index (χ2v) is 4.60. The van der Waals surface area contributed by atoms with Crippen molar-refractivity contribution in [2.75, 3.05) is 14.2 Å². The van der Waals surface area contributed by atoms with E-state index in [1.807, 2.05) is 12.1 Å². The molecule has 1 heterocycles. The Kier molecular flexibility index (Phi) is 6.33. The molecule has 106 valence electrons. The molecule has 1 fully saturated rings. The third-order valence-corrected chi connectivity index (χ3v) is 3.12. The molecule has 6 heteroatoms. The lowest BCUT2D eigenvalue weighted by Gasteiger charge is -2.11. The van der Waals surface area contributed by atoms with Crippen LogP contribution >= 0.6 is 24.0 Å². The second-order valence-electron chi connectivity index (χ2n) is 4.60. The molecule has 2 N–H and O–H groups in total. The van der Waals surface area contributed by atoms with Crippen molar-refractivity contribution in [3.63, 3.8) is 0 Å². The SMILES string of the molecule is CN=C(NCc1ccnc(OC)c1)NC1CC1C.I. The molecule has 1 saturated carbocycles. The molecule has 2 unspecified atom stereocenters. The van der Waals surface area contributed by atoms with E-state index in [1.165, 1.54) is 6.42 Å². The van der Waals surface area contributed by atoms with Gasteiger partial charge < -0.3 is 15.4 Å². The highest BCUT2D eigenvalue weighted by atomic mass is 127. The highest BCUT2D eigenvalue weighted by molar-refractivity contribution is 14.0. The van der Waals surface area contributed by atoms with Crippen molar-refractivity contribution in [1.82, 2.24) is 15.6 Å². The van der Waals surface area contributed by atoms with Crippen LogP contribution in [0.1, 0.15) is 18.9 Å². The van der Waals surface area contributed by atoms with Crippen LogP contribution in [0.5, 0.6) is 5.88 Å². The van der Waals surface area contributed by atoms with Gasteiger partial charge in [0.05, 0.1) is 7.11 Å². The third-order valence-electron chi connectivity index (χ3n) is 3.12. The molecule has 5 nitrogen and oxygen atoms in total. The number of methoxy groups -OCH3 is 1. The molecule has 0 aliphatic heterocycles. The van der Waals surface area contributed by atoms with E-state index >= 15 is 0 Å². The minimum absolute atomic E-state index is 0. The minimum atomic E-state index is 0. The number of hydrogen-bond acceptors (Lipinski definition) is 3. The van der Waals surface area contributed by atoms with Crippen LogP contribution in [0, 0.1) is 5.92 Å². The van der Waals surface area contributed by atoms with Crippen LogP contribution in [0.2, 0.25) is 0 Å². The zero-order valence-corrected chi connectivity index (χ0v) is 13.8. The van der Waals surface area contributed by atoms with Gasteiger partial charge in [-0.3, -0.25) is 4.99 Å². The van der Waals surface area contributed by atoms with Crippen molar-refractivity contribution in [2.45, 2.75) is 25.9 Å². The third kappa shape index (κ3) is 4.85. The van der Waals surface area contributed by atoms with Gasteiger partial charge in [0, 0.05) is 31.9 Å². The van der Waals surface area contributed by atoms with Crippen LogP contribution in [-0.4, -0.2) is 31.1 Å². The molecule has 2 rings (SSSR count). The Morgan fingerprint density at radius 2 is 2.32 bits per heavy atom. The number of aliphatic imine (C=N–C) groups is 1. The predicted molar refractivity (Wildman–Crippen MR) is 87.1 cm³/mol. The molecule has 1 aromatic heterocycles. The molecule has 0 radical (unpaired) electrons. The quantitative estimate of drug-likeness (QED) is 0.478. The van der Waals surface area contributed by atoms with Crippen molar-refractivity contribution < 1.29 is 4.74 Å². The van der Waals surface area contributed by atoms with E-state index in [0.717, 1.165) is 17.4 Å². The summed E-state index contributed by atoms with van der Waals surface area (Å²) in [6.45, 7) is 2.94. The average molecular weight is 376 g/mol. The molecular formula is C13H21IN4O. The standard InChI is InChI=1S/C13H20N4O.HI/c1-9-6-11(9)17-13(14-2)16-8-10-4-5-15-12(7-10)18-3;/h4-5,7,9,11H,6,8H2,1-3H3,(H2,14,16,17);1H. The smallest absolute Gasteiger partial charge is 0.213 e. The summed E-state index contributed by atoms with van der Waals surface area (Å²) in [5.41, 5.74) is 1.12. The summed E-state index contributed by atoms with van der Waals surface area (Å²) < 4.78 is 5.09. The summed E-state index contributed by atoms with van der Waals surface area (Å²) >= 11 is 0. The number of nitrogens with zero attached hydrogens (tertiary/aromatic N) is 2. The summed E-state index contributed by atoms with van der Waals surface area (Å²) in [5, 5.41) is 6.67. The fraction of sp³-hybridized carbons (Fsp3) is 0.538. The predicted octanol–water partition coefficient (Wildman–Crippen LogP) is 1.78. The second kappa shape index (κ2) is 7.52. The van der Waals surface area contributed by atoms with Gasteiger partial charge in [0.2, 0.25) is 5.88 Å². The summed E-state index contributed by atoms with van der Waals surface area (Å²) in [6, 6.07) is 4.45. The minimum Gasteiger partial charge on any atom is -0.481 e. The number of hydrogen-bond donors (Lipinski definition) is 2. The number of halogens is 1. The summed E-state index contributed by atoms with van der Waals surface area (Å²) in [5.74, 6) is 2.23. The number of aromatic nitrogens is 1. The molecule has 0 spiro atoms. The summed E-state index contributed by atoms with van der Waals surface area (Å²) in [7, 11) is 3.41. The highest BCUT2D eigenvalue weighted by Crippen LogP contribution is 2.28. The van der Waals surface area contributed by atoms with Gasteiger partial charge >= 0.3 is 0 Å². The lowest BCUT2D eigenvalue weighted by molar-refractivity contribution is 0.397. The van der Waals surface area contributed by atoms with Gasteiger partial charge in [0.25, 0.3) is 0 Å². The fourth-order valence-electron chi connectivity index (χ4n) is 1.75. The van der Waals surface area contributed by atoms with E-state index in [9.17, 15) is 0 Å². The lowest BCUT2D eigenvalue weighted by Crippen LogP contribution is -2.38. The average Bonchev–Trinajstić information content (AvgIpc) is 3.10. The van der Waals surface area contributed by atoms with E-state index in [1.54, 1.807) is 20.4 Å². The summed E-state index contributed by atoms with van der Waals surface area (Å²) in [4.78, 5) is 8.29. The Labute approximate surface area is 131 Å². The number of pyridine rings is 1. The van der Waals surface area contributed by atoms with Crippen molar-refractivity contribution in [1.29, 1.82) is 0 Å². The first-order valence-corrected chi connectivity index (χ1v) is 6.19. The topological polar surface area (TPSA) is 58.5 Å². The monoisotopic (exact) mass is 376 g/mol. The maximum Gasteiger partial charge on any atom is 0.213 e. The molecular weight excluding hydrogens is 355 g/mol. The summed E-state index contributed by atoms with van der Waals surface area (Å²) in [6.07, 6.45) is 2.97. The van der Waals surface area contributed by atoms with Crippen molar-refractivity contribution >= 4 is 29.9 Å². The molecule has 2 atom stereocenters. The van der Waals surface area contributed by atoms with Gasteiger partial charge in [0.1, 0.15) is 0 Å². The Morgan fingerprint density at radius 1 is 1.58 bits per heavy atom. The van der Waals surface area contributed by atoms with Crippen LogP contribution in [0.3, 0.4) is 0 Å².